The van der Waals surface area contributed by atoms with Crippen LogP contribution in [0.5, 0.6) is 0 Å². The lowest BCUT2D eigenvalue weighted by Gasteiger charge is -2.30. The number of rotatable bonds is 3. The molecule has 0 aliphatic heterocycles. The summed E-state index contributed by atoms with van der Waals surface area (Å²) in [5.41, 5.74) is 7.64. The Morgan fingerprint density at radius 3 is 2.47 bits per heavy atom. The summed E-state index contributed by atoms with van der Waals surface area (Å²) in [5.74, 6) is -0.127. The normalized spacial score (nSPS) is 13.3. The van der Waals surface area contributed by atoms with E-state index in [4.69, 9.17) is 5.73 Å². The van der Waals surface area contributed by atoms with Gasteiger partial charge in [-0.25, -0.2) is 0 Å². The van der Waals surface area contributed by atoms with E-state index >= 15 is 0 Å². The van der Waals surface area contributed by atoms with E-state index < -0.39 is 5.54 Å². The molecule has 0 bridgehead atoms. The molecule has 4 nitrogen and oxygen atoms in total. The second kappa shape index (κ2) is 4.84. The van der Waals surface area contributed by atoms with Gasteiger partial charge in [-0.05, 0) is 46.8 Å². The van der Waals surface area contributed by atoms with E-state index in [1.807, 2.05) is 40.7 Å². The van der Waals surface area contributed by atoms with E-state index in [0.29, 0.717) is 5.56 Å². The lowest BCUT2D eigenvalue weighted by molar-refractivity contribution is 0.0902. The number of aromatic nitrogens is 1. The molecule has 0 saturated carbocycles. The molecule has 1 atom stereocenters. The number of hydrogen-bond donors (Lipinski definition) is 2. The highest BCUT2D eigenvalue weighted by atomic mass is 16.1. The molecule has 94 valence electrons. The van der Waals surface area contributed by atoms with Crippen LogP contribution < -0.4 is 11.1 Å². The van der Waals surface area contributed by atoms with Crippen molar-refractivity contribution in [2.45, 2.75) is 46.2 Å². The zero-order chi connectivity index (χ0) is 13.2. The van der Waals surface area contributed by atoms with Crippen molar-refractivity contribution in [2.24, 2.45) is 5.73 Å². The van der Waals surface area contributed by atoms with Crippen molar-refractivity contribution >= 4 is 5.91 Å². The van der Waals surface area contributed by atoms with Gasteiger partial charge in [0, 0.05) is 17.3 Å². The van der Waals surface area contributed by atoms with E-state index in [1.165, 1.54) is 0 Å². The molecule has 0 aliphatic carbocycles. The van der Waals surface area contributed by atoms with Gasteiger partial charge in [-0.1, -0.05) is 0 Å². The number of nitrogens with zero attached hydrogens (tertiary/aromatic N) is 1. The first-order valence-corrected chi connectivity index (χ1v) is 5.76. The van der Waals surface area contributed by atoms with Crippen LogP contribution in [-0.4, -0.2) is 22.5 Å². The molecule has 1 amide bonds. The Morgan fingerprint density at radius 1 is 1.41 bits per heavy atom. The molecule has 0 saturated heterocycles. The number of nitrogens with one attached hydrogen (secondary N) is 1. The van der Waals surface area contributed by atoms with Gasteiger partial charge >= 0.3 is 0 Å². The van der Waals surface area contributed by atoms with E-state index in [0.717, 1.165) is 11.4 Å². The summed E-state index contributed by atoms with van der Waals surface area (Å²) >= 11 is 0. The molecule has 3 N–H and O–H groups in total. The number of nitrogens with two attached hydrogens (primary N) is 1. The van der Waals surface area contributed by atoms with Crippen molar-refractivity contribution in [2.75, 3.05) is 0 Å². The van der Waals surface area contributed by atoms with Gasteiger partial charge in [-0.2, -0.15) is 0 Å². The van der Waals surface area contributed by atoms with Gasteiger partial charge < -0.3 is 11.1 Å². The molecule has 0 aromatic carbocycles. The van der Waals surface area contributed by atoms with Crippen molar-refractivity contribution in [3.63, 3.8) is 0 Å². The number of carbonyl (C=O) groups excluding carboxylic acids is 1. The van der Waals surface area contributed by atoms with E-state index in [-0.39, 0.29) is 11.9 Å². The highest BCUT2D eigenvalue weighted by Crippen LogP contribution is 2.11. The Hall–Kier alpha value is -1.42. The average molecular weight is 235 g/mol. The maximum atomic E-state index is 12.1. The van der Waals surface area contributed by atoms with Crippen LogP contribution in [0.25, 0.3) is 0 Å². The summed E-state index contributed by atoms with van der Waals surface area (Å²) in [6, 6.07) is 3.51. The van der Waals surface area contributed by atoms with Gasteiger partial charge in [0.1, 0.15) is 0 Å². The highest BCUT2D eigenvalue weighted by molar-refractivity contribution is 5.95. The van der Waals surface area contributed by atoms with Gasteiger partial charge in [0.05, 0.1) is 11.3 Å². The van der Waals surface area contributed by atoms with Crippen molar-refractivity contribution < 1.29 is 4.79 Å². The number of carbonyl (C=O) groups is 1. The third-order valence-corrected chi connectivity index (χ3v) is 3.04. The average Bonchev–Trinajstić information content (AvgIpc) is 2.15. The zero-order valence-electron chi connectivity index (χ0n) is 11.2. The first kappa shape index (κ1) is 13.6. The molecular weight excluding hydrogens is 214 g/mol. The summed E-state index contributed by atoms with van der Waals surface area (Å²) < 4.78 is 0. The van der Waals surface area contributed by atoms with Crippen LogP contribution in [-0.2, 0) is 0 Å². The van der Waals surface area contributed by atoms with E-state index in [2.05, 4.69) is 10.3 Å². The fourth-order valence-electron chi connectivity index (χ4n) is 1.40. The van der Waals surface area contributed by atoms with Crippen LogP contribution >= 0.6 is 0 Å². The van der Waals surface area contributed by atoms with Crippen molar-refractivity contribution in [3.8, 4) is 0 Å². The quantitative estimate of drug-likeness (QED) is 0.835. The van der Waals surface area contributed by atoms with Crippen LogP contribution in [0.1, 0.15) is 42.5 Å². The zero-order valence-corrected chi connectivity index (χ0v) is 11.2. The summed E-state index contributed by atoms with van der Waals surface area (Å²) in [4.78, 5) is 16.4. The molecule has 1 rings (SSSR count). The fraction of sp³-hybridized carbons (Fsp3) is 0.538. The number of amides is 1. The summed E-state index contributed by atoms with van der Waals surface area (Å²) in [6.45, 7) is 9.43. The molecule has 0 fully saturated rings. The standard InChI is InChI=1S/C13H21N3O/c1-8-6-7-11(9(2)15-8)12(17)16-13(4,5)10(3)14/h6-7,10H,14H2,1-5H3,(H,16,17). The summed E-state index contributed by atoms with van der Waals surface area (Å²) in [5, 5.41) is 2.93. The molecule has 4 heteroatoms. The second-order valence-corrected chi connectivity index (χ2v) is 5.05. The van der Waals surface area contributed by atoms with E-state index in [9.17, 15) is 4.79 Å². The Bertz CT molecular complexity index is 425. The number of pyridine rings is 1. The summed E-state index contributed by atoms with van der Waals surface area (Å²) in [7, 11) is 0. The molecule has 0 radical (unpaired) electrons. The van der Waals surface area contributed by atoms with Crippen molar-refractivity contribution in [1.29, 1.82) is 0 Å². The fourth-order valence-corrected chi connectivity index (χ4v) is 1.40. The SMILES string of the molecule is Cc1ccc(C(=O)NC(C)(C)C(C)N)c(C)n1. The largest absolute Gasteiger partial charge is 0.346 e. The van der Waals surface area contributed by atoms with Gasteiger partial charge in [-0.3, -0.25) is 9.78 Å². The Morgan fingerprint density at radius 2 is 2.00 bits per heavy atom. The third kappa shape index (κ3) is 3.27. The molecule has 1 aromatic rings. The van der Waals surface area contributed by atoms with Gasteiger partial charge in [0.15, 0.2) is 0 Å². The van der Waals surface area contributed by atoms with Crippen molar-refractivity contribution in [1.82, 2.24) is 10.3 Å². The minimum Gasteiger partial charge on any atom is -0.346 e. The van der Waals surface area contributed by atoms with Crippen LogP contribution in [0, 0.1) is 13.8 Å². The maximum absolute atomic E-state index is 12.1. The molecule has 1 unspecified atom stereocenters. The minimum atomic E-state index is -0.436. The maximum Gasteiger partial charge on any atom is 0.253 e. The molecule has 0 spiro atoms. The predicted molar refractivity (Wildman–Crippen MR) is 68.9 cm³/mol. The van der Waals surface area contributed by atoms with Crippen LogP contribution in [0.4, 0.5) is 0 Å². The first-order valence-electron chi connectivity index (χ1n) is 5.76. The lowest BCUT2D eigenvalue weighted by atomic mass is 9.96. The third-order valence-electron chi connectivity index (χ3n) is 3.04. The van der Waals surface area contributed by atoms with Gasteiger partial charge in [0.25, 0.3) is 5.91 Å². The van der Waals surface area contributed by atoms with Crippen molar-refractivity contribution in [3.05, 3.63) is 29.1 Å². The number of hydrogen-bond acceptors (Lipinski definition) is 3. The van der Waals surface area contributed by atoms with Crippen LogP contribution in [0.2, 0.25) is 0 Å². The smallest absolute Gasteiger partial charge is 0.253 e. The Kier molecular flexibility index (Phi) is 3.88. The van der Waals surface area contributed by atoms with Gasteiger partial charge in [0.2, 0.25) is 0 Å². The lowest BCUT2D eigenvalue weighted by Crippen LogP contribution is -2.54. The molecule has 17 heavy (non-hydrogen) atoms. The topological polar surface area (TPSA) is 68.0 Å². The Balaban J connectivity index is 2.91. The summed E-state index contributed by atoms with van der Waals surface area (Å²) in [6.07, 6.45) is 0. The highest BCUT2D eigenvalue weighted by Gasteiger charge is 2.26. The second-order valence-electron chi connectivity index (χ2n) is 5.05. The molecular formula is C13H21N3O. The minimum absolute atomic E-state index is 0.120. The monoisotopic (exact) mass is 235 g/mol. The number of aryl methyl sites for hydroxylation is 2. The molecule has 1 aromatic heterocycles. The van der Waals surface area contributed by atoms with Crippen LogP contribution in [0.15, 0.2) is 12.1 Å². The van der Waals surface area contributed by atoms with Gasteiger partial charge in [-0.15, -0.1) is 0 Å². The van der Waals surface area contributed by atoms with E-state index in [1.54, 1.807) is 6.07 Å². The molecule has 0 aliphatic rings. The van der Waals surface area contributed by atoms with Crippen LogP contribution in [0.3, 0.4) is 0 Å². The first-order chi connectivity index (χ1) is 7.74. The molecule has 1 heterocycles. The predicted octanol–water partition coefficient (Wildman–Crippen LogP) is 1.55. The Labute approximate surface area is 103 Å².